The molecule has 1 aromatic heterocycles. The van der Waals surface area contributed by atoms with Gasteiger partial charge in [0.05, 0.1) is 4.92 Å². The summed E-state index contributed by atoms with van der Waals surface area (Å²) >= 11 is 1.31. The number of nitrogens with one attached hydrogen (secondary N) is 1. The van der Waals surface area contributed by atoms with Crippen molar-refractivity contribution in [3.63, 3.8) is 0 Å². The van der Waals surface area contributed by atoms with Crippen molar-refractivity contribution < 1.29 is 22.3 Å². The molecule has 12 heteroatoms. The van der Waals surface area contributed by atoms with Crippen molar-refractivity contribution in [3.8, 4) is 5.75 Å². The van der Waals surface area contributed by atoms with Crippen molar-refractivity contribution in [2.75, 3.05) is 5.32 Å². The fraction of sp³-hybridized carbons (Fsp3) is 0.250. The Bertz CT molecular complexity index is 1210. The van der Waals surface area contributed by atoms with Crippen LogP contribution in [0.2, 0.25) is 0 Å². The second kappa shape index (κ2) is 10.3. The van der Waals surface area contributed by atoms with E-state index in [9.17, 15) is 23.3 Å². The lowest BCUT2D eigenvalue weighted by Gasteiger charge is -2.08. The number of non-ortho nitro benzene ring substituents is 1. The lowest BCUT2D eigenvalue weighted by molar-refractivity contribution is -0.385. The summed E-state index contributed by atoms with van der Waals surface area (Å²) in [6.07, 6.45) is 4.04. The molecule has 0 unspecified atom stereocenters. The molecule has 1 N–H and O–H groups in total. The smallest absolute Gasteiger partial charge is 0.339 e. The van der Waals surface area contributed by atoms with Crippen LogP contribution in [0.1, 0.15) is 41.6 Å². The predicted molar refractivity (Wildman–Crippen MR) is 118 cm³/mol. The van der Waals surface area contributed by atoms with Gasteiger partial charge >= 0.3 is 10.1 Å². The van der Waals surface area contributed by atoms with Gasteiger partial charge in [-0.1, -0.05) is 37.2 Å². The van der Waals surface area contributed by atoms with Crippen LogP contribution in [0.5, 0.6) is 5.75 Å². The number of hydrogen-bond acceptors (Lipinski definition) is 9. The number of aromatic nitrogens is 2. The number of benzene rings is 2. The molecule has 0 radical (unpaired) electrons. The first-order valence-corrected chi connectivity index (χ1v) is 11.9. The SMILES string of the molecule is CCCCCc1nnc(NC(=O)c2ccc(OS(=O)(=O)c3cccc([N+](=O)[O-])c3)cc2)s1. The number of nitrogens with zero attached hydrogens (tertiary/aromatic N) is 3. The molecular weight excluding hydrogens is 456 g/mol. The summed E-state index contributed by atoms with van der Waals surface area (Å²) in [5.41, 5.74) is -0.0975. The van der Waals surface area contributed by atoms with Crippen molar-refractivity contribution in [1.82, 2.24) is 10.2 Å². The molecule has 0 fully saturated rings. The lowest BCUT2D eigenvalue weighted by Crippen LogP contribution is -2.12. The van der Waals surface area contributed by atoms with E-state index in [0.29, 0.717) is 5.13 Å². The molecule has 0 aliphatic rings. The van der Waals surface area contributed by atoms with Gasteiger partial charge in [0.2, 0.25) is 5.13 Å². The second-order valence-electron chi connectivity index (χ2n) is 6.73. The molecule has 0 bridgehead atoms. The van der Waals surface area contributed by atoms with Crippen molar-refractivity contribution in [1.29, 1.82) is 0 Å². The average molecular weight is 477 g/mol. The average Bonchev–Trinajstić information content (AvgIpc) is 3.21. The Balaban J connectivity index is 1.64. The molecule has 0 atom stereocenters. The molecule has 0 aliphatic carbocycles. The van der Waals surface area contributed by atoms with E-state index >= 15 is 0 Å². The normalized spacial score (nSPS) is 11.2. The highest BCUT2D eigenvalue weighted by Crippen LogP contribution is 2.23. The minimum atomic E-state index is -4.28. The van der Waals surface area contributed by atoms with E-state index in [1.54, 1.807) is 0 Å². The zero-order chi connectivity index (χ0) is 23.1. The van der Waals surface area contributed by atoms with E-state index < -0.39 is 20.9 Å². The van der Waals surface area contributed by atoms with Gasteiger partial charge in [-0.2, -0.15) is 8.42 Å². The van der Waals surface area contributed by atoms with Crippen LogP contribution in [0.25, 0.3) is 0 Å². The monoisotopic (exact) mass is 476 g/mol. The first kappa shape index (κ1) is 23.3. The van der Waals surface area contributed by atoms with Crippen LogP contribution in [-0.4, -0.2) is 29.4 Å². The molecule has 32 heavy (non-hydrogen) atoms. The number of nitro benzene ring substituents is 1. The quantitative estimate of drug-likeness (QED) is 0.199. The summed E-state index contributed by atoms with van der Waals surface area (Å²) in [7, 11) is -4.28. The van der Waals surface area contributed by atoms with Gasteiger partial charge in [0.1, 0.15) is 15.7 Å². The van der Waals surface area contributed by atoms with Gasteiger partial charge in [0, 0.05) is 24.1 Å². The Kier molecular flexibility index (Phi) is 7.49. The Morgan fingerprint density at radius 1 is 1.16 bits per heavy atom. The van der Waals surface area contributed by atoms with Crippen LogP contribution in [-0.2, 0) is 16.5 Å². The van der Waals surface area contributed by atoms with Gasteiger partial charge in [0.15, 0.2) is 0 Å². The summed E-state index contributed by atoms with van der Waals surface area (Å²) in [6, 6.07) is 9.98. The third-order valence-electron chi connectivity index (χ3n) is 4.32. The maximum absolute atomic E-state index is 12.4. The molecule has 0 saturated carbocycles. The van der Waals surface area contributed by atoms with E-state index in [1.165, 1.54) is 53.8 Å². The topological polar surface area (TPSA) is 141 Å². The van der Waals surface area contributed by atoms with E-state index in [1.807, 2.05) is 0 Å². The lowest BCUT2D eigenvalue weighted by atomic mass is 10.2. The van der Waals surface area contributed by atoms with Crippen molar-refractivity contribution in [2.24, 2.45) is 0 Å². The largest absolute Gasteiger partial charge is 0.379 e. The highest BCUT2D eigenvalue weighted by molar-refractivity contribution is 7.87. The highest BCUT2D eigenvalue weighted by atomic mass is 32.2. The highest BCUT2D eigenvalue weighted by Gasteiger charge is 2.20. The van der Waals surface area contributed by atoms with Crippen molar-refractivity contribution >= 4 is 38.2 Å². The summed E-state index contributed by atoms with van der Waals surface area (Å²) in [5, 5.41) is 22.8. The van der Waals surface area contributed by atoms with E-state index in [2.05, 4.69) is 22.4 Å². The van der Waals surface area contributed by atoms with Crippen LogP contribution >= 0.6 is 11.3 Å². The third kappa shape index (κ3) is 6.08. The number of unbranched alkanes of at least 4 members (excludes halogenated alkanes) is 2. The molecule has 3 aromatic rings. The van der Waals surface area contributed by atoms with Crippen LogP contribution in [0.3, 0.4) is 0 Å². The van der Waals surface area contributed by atoms with E-state index in [0.717, 1.165) is 36.8 Å². The molecule has 0 spiro atoms. The Morgan fingerprint density at radius 2 is 1.91 bits per heavy atom. The summed E-state index contributed by atoms with van der Waals surface area (Å²) < 4.78 is 29.8. The number of amides is 1. The van der Waals surface area contributed by atoms with Crippen molar-refractivity contribution in [3.05, 3.63) is 69.2 Å². The summed E-state index contributed by atoms with van der Waals surface area (Å²) in [5.74, 6) is -0.462. The number of nitro groups is 1. The molecule has 168 valence electrons. The molecule has 2 aromatic carbocycles. The van der Waals surface area contributed by atoms with E-state index in [-0.39, 0.29) is 21.9 Å². The Hall–Kier alpha value is -3.38. The number of aryl methyl sites for hydroxylation is 1. The molecule has 10 nitrogen and oxygen atoms in total. The van der Waals surface area contributed by atoms with Gasteiger partial charge < -0.3 is 4.18 Å². The first-order valence-electron chi connectivity index (χ1n) is 9.71. The molecule has 3 rings (SSSR count). The number of carbonyl (C=O) groups is 1. The zero-order valence-electron chi connectivity index (χ0n) is 17.1. The van der Waals surface area contributed by atoms with Crippen molar-refractivity contribution in [2.45, 2.75) is 37.5 Å². The van der Waals surface area contributed by atoms with Gasteiger partial charge in [-0.05, 0) is 36.8 Å². The number of hydrogen-bond donors (Lipinski definition) is 1. The van der Waals surface area contributed by atoms with Gasteiger partial charge in [0.25, 0.3) is 11.6 Å². The van der Waals surface area contributed by atoms with Gasteiger partial charge in [-0.25, -0.2) is 0 Å². The van der Waals surface area contributed by atoms with Crippen LogP contribution in [0, 0.1) is 10.1 Å². The standard InChI is InChI=1S/C20H20N4O6S2/c1-2-3-4-8-18-22-23-20(31-18)21-19(25)14-9-11-16(12-10-14)30-32(28,29)17-7-5-6-15(13-17)24(26)27/h5-7,9-13H,2-4,8H2,1H3,(H,21,23,25). The fourth-order valence-electron chi connectivity index (χ4n) is 2.69. The van der Waals surface area contributed by atoms with E-state index in [4.69, 9.17) is 4.18 Å². The zero-order valence-corrected chi connectivity index (χ0v) is 18.7. The second-order valence-corrected chi connectivity index (χ2v) is 9.34. The molecular formula is C20H20N4O6S2. The minimum absolute atomic E-state index is 0.0396. The maximum Gasteiger partial charge on any atom is 0.339 e. The Morgan fingerprint density at radius 3 is 2.59 bits per heavy atom. The van der Waals surface area contributed by atoms with Crippen LogP contribution in [0.4, 0.5) is 10.8 Å². The Labute approximate surface area is 188 Å². The number of anilines is 1. The maximum atomic E-state index is 12.4. The molecule has 1 amide bonds. The number of rotatable bonds is 10. The first-order chi connectivity index (χ1) is 15.3. The summed E-state index contributed by atoms with van der Waals surface area (Å²) in [6.45, 7) is 2.12. The summed E-state index contributed by atoms with van der Waals surface area (Å²) in [4.78, 5) is 22.2. The molecule has 0 saturated heterocycles. The fourth-order valence-corrected chi connectivity index (χ4v) is 4.44. The predicted octanol–water partition coefficient (Wildman–Crippen LogP) is 4.20. The van der Waals surface area contributed by atoms with Gasteiger partial charge in [-0.15, -0.1) is 10.2 Å². The van der Waals surface area contributed by atoms with Crippen LogP contribution in [0.15, 0.2) is 53.4 Å². The van der Waals surface area contributed by atoms with Gasteiger partial charge in [-0.3, -0.25) is 20.2 Å². The molecule has 0 aliphatic heterocycles. The third-order valence-corrected chi connectivity index (χ3v) is 6.46. The van der Waals surface area contributed by atoms with Crippen LogP contribution < -0.4 is 9.50 Å². The number of carbonyl (C=O) groups excluding carboxylic acids is 1. The minimum Gasteiger partial charge on any atom is -0.379 e. The molecule has 1 heterocycles.